The van der Waals surface area contributed by atoms with E-state index in [9.17, 15) is 18.8 Å². The minimum absolute atomic E-state index is 0.000109. The Morgan fingerprint density at radius 1 is 0.927 bits per heavy atom. The molecule has 0 radical (unpaired) electrons. The smallest absolute Gasteiger partial charge is 0.319 e. The van der Waals surface area contributed by atoms with Crippen LogP contribution in [0.2, 0.25) is 0 Å². The molecule has 1 fully saturated rings. The number of amides is 4. The number of pyridine rings is 1. The molecule has 1 saturated heterocycles. The highest BCUT2D eigenvalue weighted by atomic mass is 19.1. The number of benzene rings is 2. The summed E-state index contributed by atoms with van der Waals surface area (Å²) in [7, 11) is 0. The summed E-state index contributed by atoms with van der Waals surface area (Å²) in [6.45, 7) is 9.18. The largest absolute Gasteiger partial charge is 0.347 e. The summed E-state index contributed by atoms with van der Waals surface area (Å²) < 4.78 is 14.7. The third kappa shape index (κ3) is 8.84. The second-order valence-electron chi connectivity index (χ2n) is 11.1. The molecule has 0 unspecified atom stereocenters. The van der Waals surface area contributed by atoms with Crippen LogP contribution in [-0.4, -0.2) is 70.9 Å². The molecule has 3 N–H and O–H groups in total. The predicted molar refractivity (Wildman–Crippen MR) is 156 cm³/mol. The van der Waals surface area contributed by atoms with E-state index in [0.29, 0.717) is 51.3 Å². The van der Waals surface area contributed by atoms with Gasteiger partial charge in [0.25, 0.3) is 11.8 Å². The lowest BCUT2D eigenvalue weighted by atomic mass is 10.1. The molecule has 0 atom stereocenters. The van der Waals surface area contributed by atoms with E-state index in [-0.39, 0.29) is 28.6 Å². The Bertz CT molecular complexity index is 1370. The van der Waals surface area contributed by atoms with Gasteiger partial charge in [-0.2, -0.15) is 0 Å². The van der Waals surface area contributed by atoms with E-state index >= 15 is 0 Å². The summed E-state index contributed by atoms with van der Waals surface area (Å²) in [5.74, 6) is -1.04. The van der Waals surface area contributed by atoms with Gasteiger partial charge in [0.2, 0.25) is 0 Å². The van der Waals surface area contributed by atoms with Gasteiger partial charge in [0.1, 0.15) is 5.82 Å². The Labute approximate surface area is 240 Å². The van der Waals surface area contributed by atoms with Gasteiger partial charge in [-0.25, -0.2) is 9.18 Å². The lowest BCUT2D eigenvalue weighted by molar-refractivity contribution is 0.0627. The van der Waals surface area contributed by atoms with Gasteiger partial charge in [-0.05, 0) is 68.8 Å². The van der Waals surface area contributed by atoms with Crippen LogP contribution in [0.15, 0.2) is 66.9 Å². The molecule has 0 saturated carbocycles. The molecule has 4 rings (SSSR count). The third-order valence-electron chi connectivity index (χ3n) is 6.60. The van der Waals surface area contributed by atoms with Crippen molar-refractivity contribution in [3.05, 3.63) is 95.1 Å². The average molecular weight is 561 g/mol. The summed E-state index contributed by atoms with van der Waals surface area (Å²) in [6, 6.07) is 16.7. The first-order chi connectivity index (χ1) is 19.6. The van der Waals surface area contributed by atoms with Crippen LogP contribution in [0.1, 0.15) is 52.7 Å². The minimum Gasteiger partial charge on any atom is -0.347 e. The van der Waals surface area contributed by atoms with Crippen LogP contribution in [0.4, 0.5) is 14.9 Å². The zero-order valence-electron chi connectivity index (χ0n) is 23.7. The van der Waals surface area contributed by atoms with Crippen molar-refractivity contribution in [3.8, 4) is 0 Å². The van der Waals surface area contributed by atoms with E-state index in [1.54, 1.807) is 17.2 Å². The molecular formula is C31H37FN6O3. The fourth-order valence-electron chi connectivity index (χ4n) is 4.54. The predicted octanol–water partition coefficient (Wildman–Crippen LogP) is 4.07. The van der Waals surface area contributed by atoms with Gasteiger partial charge >= 0.3 is 6.03 Å². The van der Waals surface area contributed by atoms with Crippen LogP contribution < -0.4 is 16.0 Å². The Morgan fingerprint density at radius 3 is 2.39 bits per heavy atom. The number of halogens is 1. The van der Waals surface area contributed by atoms with E-state index < -0.39 is 11.8 Å². The molecule has 41 heavy (non-hydrogen) atoms. The van der Waals surface area contributed by atoms with E-state index in [4.69, 9.17) is 0 Å². The van der Waals surface area contributed by atoms with E-state index in [0.717, 1.165) is 17.3 Å². The van der Waals surface area contributed by atoms with Gasteiger partial charge in [-0.3, -0.25) is 19.5 Å². The molecule has 4 amide bonds. The van der Waals surface area contributed by atoms with Gasteiger partial charge in [-0.1, -0.05) is 18.2 Å². The van der Waals surface area contributed by atoms with Crippen LogP contribution in [0, 0.1) is 5.82 Å². The van der Waals surface area contributed by atoms with Crippen molar-refractivity contribution in [2.45, 2.75) is 39.3 Å². The van der Waals surface area contributed by atoms with Crippen LogP contribution in [0.3, 0.4) is 0 Å². The molecule has 0 aliphatic carbocycles. The van der Waals surface area contributed by atoms with Gasteiger partial charge < -0.3 is 20.9 Å². The molecule has 0 spiro atoms. The number of carbonyl (C=O) groups is 3. The number of nitrogens with one attached hydrogen (secondary N) is 3. The van der Waals surface area contributed by atoms with Crippen molar-refractivity contribution in [2.75, 3.05) is 38.0 Å². The summed E-state index contributed by atoms with van der Waals surface area (Å²) in [5, 5.41) is 8.15. The average Bonchev–Trinajstić information content (AvgIpc) is 2.94. The number of hydrogen-bond donors (Lipinski definition) is 3. The number of aromatic nitrogens is 1. The monoisotopic (exact) mass is 560 g/mol. The normalized spacial score (nSPS) is 13.9. The van der Waals surface area contributed by atoms with Gasteiger partial charge in [0, 0.05) is 74.2 Å². The topological polar surface area (TPSA) is 107 Å². The zero-order valence-corrected chi connectivity index (χ0v) is 23.7. The fourth-order valence-corrected chi connectivity index (χ4v) is 4.54. The first kappa shape index (κ1) is 29.7. The standard InChI is InChI=1S/C31H37FN6O3/c1-31(2,3)36-28(39)23-8-6-7-22(19-23)21-37-15-17-38(18-16-37)29(40)24-10-11-27(26(32)20-24)35-30(41)34-14-12-25-9-4-5-13-33-25/h4-11,13,19-20H,12,14-18,21H2,1-3H3,(H,36,39)(H2,34,35,41). The van der Waals surface area contributed by atoms with E-state index in [1.165, 1.54) is 12.1 Å². The number of nitrogens with zero attached hydrogens (tertiary/aromatic N) is 3. The molecule has 10 heteroatoms. The number of anilines is 1. The molecule has 216 valence electrons. The number of hydrogen-bond acceptors (Lipinski definition) is 5. The van der Waals surface area contributed by atoms with Crippen molar-refractivity contribution in [1.29, 1.82) is 0 Å². The quantitative estimate of drug-likeness (QED) is 0.385. The van der Waals surface area contributed by atoms with Gasteiger partial charge in [0.15, 0.2) is 0 Å². The molecule has 1 aliphatic heterocycles. The molecule has 0 bridgehead atoms. The second-order valence-corrected chi connectivity index (χ2v) is 11.1. The Morgan fingerprint density at radius 2 is 1.71 bits per heavy atom. The molecule has 9 nitrogen and oxygen atoms in total. The summed E-state index contributed by atoms with van der Waals surface area (Å²) >= 11 is 0. The SMILES string of the molecule is CC(C)(C)NC(=O)c1cccc(CN2CCN(C(=O)c3ccc(NC(=O)NCCc4ccccn4)c(F)c3)CC2)c1. The number of carbonyl (C=O) groups excluding carboxylic acids is 3. The lowest BCUT2D eigenvalue weighted by Gasteiger charge is -2.35. The highest BCUT2D eigenvalue weighted by molar-refractivity contribution is 5.96. The summed E-state index contributed by atoms with van der Waals surface area (Å²) in [5.41, 5.74) is 2.41. The molecular weight excluding hydrogens is 523 g/mol. The molecule has 1 aromatic heterocycles. The van der Waals surface area contributed by atoms with Crippen LogP contribution in [0.5, 0.6) is 0 Å². The van der Waals surface area contributed by atoms with Gasteiger partial charge in [-0.15, -0.1) is 0 Å². The van der Waals surface area contributed by atoms with Crippen molar-refractivity contribution in [2.24, 2.45) is 0 Å². The van der Waals surface area contributed by atoms with Crippen molar-refractivity contribution < 1.29 is 18.8 Å². The lowest BCUT2D eigenvalue weighted by Crippen LogP contribution is -2.48. The highest BCUT2D eigenvalue weighted by Crippen LogP contribution is 2.19. The fraction of sp³-hybridized carbons (Fsp3) is 0.355. The summed E-state index contributed by atoms with van der Waals surface area (Å²) in [6.07, 6.45) is 2.24. The zero-order chi connectivity index (χ0) is 29.4. The highest BCUT2D eigenvalue weighted by Gasteiger charge is 2.23. The van der Waals surface area contributed by atoms with Crippen molar-refractivity contribution in [3.63, 3.8) is 0 Å². The van der Waals surface area contributed by atoms with Crippen molar-refractivity contribution >= 4 is 23.5 Å². The maximum Gasteiger partial charge on any atom is 0.319 e. The van der Waals surface area contributed by atoms with Crippen molar-refractivity contribution in [1.82, 2.24) is 25.4 Å². The van der Waals surface area contributed by atoms with Crippen LogP contribution in [-0.2, 0) is 13.0 Å². The second kappa shape index (κ2) is 13.4. The van der Waals surface area contributed by atoms with E-state index in [2.05, 4.69) is 25.8 Å². The number of urea groups is 1. The maximum absolute atomic E-state index is 14.7. The van der Waals surface area contributed by atoms with Crippen LogP contribution >= 0.6 is 0 Å². The first-order valence-electron chi connectivity index (χ1n) is 13.7. The minimum atomic E-state index is -0.676. The Balaban J connectivity index is 1.25. The third-order valence-corrected chi connectivity index (χ3v) is 6.60. The maximum atomic E-state index is 14.7. The molecule has 3 aromatic rings. The Hall–Kier alpha value is -4.31. The first-order valence-corrected chi connectivity index (χ1v) is 13.7. The van der Waals surface area contributed by atoms with Gasteiger partial charge in [0.05, 0.1) is 5.69 Å². The van der Waals surface area contributed by atoms with E-state index in [1.807, 2.05) is 57.2 Å². The number of rotatable bonds is 8. The molecule has 1 aliphatic rings. The Kier molecular flexibility index (Phi) is 9.67. The number of piperazine rings is 1. The van der Waals surface area contributed by atoms with Crippen LogP contribution in [0.25, 0.3) is 0 Å². The molecule has 2 heterocycles. The summed E-state index contributed by atoms with van der Waals surface area (Å²) in [4.78, 5) is 45.9. The molecule has 2 aromatic carbocycles.